The van der Waals surface area contributed by atoms with Gasteiger partial charge in [-0.3, -0.25) is 4.21 Å². The molecule has 19 heavy (non-hydrogen) atoms. The summed E-state index contributed by atoms with van der Waals surface area (Å²) in [5, 5.41) is 0. The zero-order valence-electron chi connectivity index (χ0n) is 11.3. The quantitative estimate of drug-likeness (QED) is 0.915. The van der Waals surface area contributed by atoms with Gasteiger partial charge in [0.2, 0.25) is 0 Å². The zero-order chi connectivity index (χ0) is 13.8. The molecule has 1 aromatic rings. The second-order valence-corrected chi connectivity index (χ2v) is 6.69. The zero-order valence-corrected chi connectivity index (χ0v) is 12.1. The van der Waals surface area contributed by atoms with E-state index in [0.29, 0.717) is 36.7 Å². The van der Waals surface area contributed by atoms with Crippen LogP contribution in [0.3, 0.4) is 0 Å². The van der Waals surface area contributed by atoms with E-state index in [1.54, 1.807) is 6.07 Å². The van der Waals surface area contributed by atoms with Crippen LogP contribution in [-0.2, 0) is 17.2 Å². The largest absolute Gasteiger partial charge is 0.367 e. The first-order valence-electron chi connectivity index (χ1n) is 6.74. The molecule has 1 aliphatic heterocycles. The molecule has 2 rings (SSSR count). The Labute approximate surface area is 116 Å². The molecule has 0 aromatic heterocycles. The van der Waals surface area contributed by atoms with E-state index >= 15 is 0 Å². The van der Waals surface area contributed by atoms with Crippen LogP contribution < -0.4 is 10.6 Å². The Morgan fingerprint density at radius 2 is 2.11 bits per heavy atom. The minimum atomic E-state index is -0.735. The smallest absolute Gasteiger partial charge is 0.146 e. The summed E-state index contributed by atoms with van der Waals surface area (Å²) >= 11 is 0. The first kappa shape index (κ1) is 14.5. The van der Waals surface area contributed by atoms with E-state index < -0.39 is 10.8 Å². The Morgan fingerprint density at radius 3 is 2.68 bits per heavy atom. The molecule has 106 valence electrons. The highest BCUT2D eigenvalue weighted by Crippen LogP contribution is 2.22. The van der Waals surface area contributed by atoms with Crippen molar-refractivity contribution in [2.75, 3.05) is 29.5 Å². The van der Waals surface area contributed by atoms with Gasteiger partial charge in [0, 0.05) is 41.4 Å². The minimum Gasteiger partial charge on any atom is -0.367 e. The first-order valence-corrected chi connectivity index (χ1v) is 8.23. The van der Waals surface area contributed by atoms with Crippen molar-refractivity contribution in [1.29, 1.82) is 0 Å². The van der Waals surface area contributed by atoms with Crippen LogP contribution >= 0.6 is 0 Å². The van der Waals surface area contributed by atoms with Crippen LogP contribution in [0.25, 0.3) is 0 Å². The monoisotopic (exact) mass is 284 g/mol. The van der Waals surface area contributed by atoms with Crippen molar-refractivity contribution in [1.82, 2.24) is 0 Å². The van der Waals surface area contributed by atoms with E-state index in [1.165, 1.54) is 0 Å². The second kappa shape index (κ2) is 6.48. The van der Waals surface area contributed by atoms with Gasteiger partial charge in [-0.15, -0.1) is 0 Å². The molecule has 1 aromatic carbocycles. The Balaban J connectivity index is 2.08. The van der Waals surface area contributed by atoms with Gasteiger partial charge in [-0.2, -0.15) is 0 Å². The fraction of sp³-hybridized carbons (Fsp3) is 0.571. The van der Waals surface area contributed by atoms with Gasteiger partial charge in [-0.25, -0.2) is 4.39 Å². The highest BCUT2D eigenvalue weighted by molar-refractivity contribution is 7.85. The summed E-state index contributed by atoms with van der Waals surface area (Å²) in [6, 6.07) is 5.43. The number of hydrogen-bond donors (Lipinski definition) is 1. The molecule has 1 aliphatic rings. The van der Waals surface area contributed by atoms with Gasteiger partial charge in [0.05, 0.1) is 5.69 Å². The van der Waals surface area contributed by atoms with E-state index in [9.17, 15) is 8.60 Å². The van der Waals surface area contributed by atoms with Gasteiger partial charge in [0.1, 0.15) is 5.82 Å². The predicted octanol–water partition coefficient (Wildman–Crippen LogP) is 1.67. The summed E-state index contributed by atoms with van der Waals surface area (Å²) in [5.41, 5.74) is 7.44. The number of nitrogens with two attached hydrogens (primary N) is 1. The summed E-state index contributed by atoms with van der Waals surface area (Å²) in [7, 11) is -0.735. The number of nitrogens with zero attached hydrogens (tertiary/aromatic N) is 1. The number of halogens is 1. The highest BCUT2D eigenvalue weighted by Gasteiger charge is 2.18. The van der Waals surface area contributed by atoms with Crippen LogP contribution in [0, 0.1) is 5.82 Å². The van der Waals surface area contributed by atoms with E-state index in [1.807, 2.05) is 24.0 Å². The van der Waals surface area contributed by atoms with Crippen LogP contribution in [-0.4, -0.2) is 34.8 Å². The molecule has 0 bridgehead atoms. The molecule has 0 spiro atoms. The molecular formula is C14H21FN2OS. The fourth-order valence-electron chi connectivity index (χ4n) is 2.26. The van der Waals surface area contributed by atoms with Crippen molar-refractivity contribution in [3.05, 3.63) is 29.6 Å². The van der Waals surface area contributed by atoms with Gasteiger partial charge in [-0.05, 0) is 30.5 Å². The van der Waals surface area contributed by atoms with E-state index in [-0.39, 0.29) is 11.9 Å². The molecule has 3 nitrogen and oxygen atoms in total. The standard InChI is InChI=1S/C14H21FN2OS/c1-2-12(16)9-11-3-4-14(13(15)10-11)17-5-7-19(18)8-6-17/h3-4,10,12H,2,5-9,16H2,1H3. The fourth-order valence-corrected chi connectivity index (χ4v) is 3.31. The van der Waals surface area contributed by atoms with Crippen molar-refractivity contribution in [3.8, 4) is 0 Å². The minimum absolute atomic E-state index is 0.0858. The topological polar surface area (TPSA) is 46.3 Å². The maximum Gasteiger partial charge on any atom is 0.146 e. The molecule has 1 saturated heterocycles. The Kier molecular flexibility index (Phi) is 4.93. The summed E-state index contributed by atoms with van der Waals surface area (Å²) in [6.07, 6.45) is 1.60. The van der Waals surface area contributed by atoms with Crippen molar-refractivity contribution >= 4 is 16.5 Å². The van der Waals surface area contributed by atoms with Gasteiger partial charge in [0.15, 0.2) is 0 Å². The van der Waals surface area contributed by atoms with Gasteiger partial charge >= 0.3 is 0 Å². The number of anilines is 1. The summed E-state index contributed by atoms with van der Waals surface area (Å²) < 4.78 is 25.4. The lowest BCUT2D eigenvalue weighted by molar-refractivity contribution is 0.607. The van der Waals surface area contributed by atoms with Crippen LogP contribution in [0.15, 0.2) is 18.2 Å². The van der Waals surface area contributed by atoms with E-state index in [4.69, 9.17) is 5.73 Å². The van der Waals surface area contributed by atoms with Crippen molar-refractivity contribution < 1.29 is 8.60 Å². The molecule has 1 heterocycles. The molecular weight excluding hydrogens is 263 g/mol. The van der Waals surface area contributed by atoms with Gasteiger partial charge in [-0.1, -0.05) is 13.0 Å². The van der Waals surface area contributed by atoms with Crippen molar-refractivity contribution in [2.45, 2.75) is 25.8 Å². The van der Waals surface area contributed by atoms with Crippen LogP contribution in [0.1, 0.15) is 18.9 Å². The average molecular weight is 284 g/mol. The molecule has 0 radical (unpaired) electrons. The third kappa shape index (κ3) is 3.76. The molecule has 5 heteroatoms. The Morgan fingerprint density at radius 1 is 1.42 bits per heavy atom. The van der Waals surface area contributed by atoms with Crippen molar-refractivity contribution in [2.24, 2.45) is 5.73 Å². The molecule has 1 unspecified atom stereocenters. The number of rotatable bonds is 4. The van der Waals surface area contributed by atoms with E-state index in [0.717, 1.165) is 12.0 Å². The van der Waals surface area contributed by atoms with Crippen molar-refractivity contribution in [3.63, 3.8) is 0 Å². The lowest BCUT2D eigenvalue weighted by Gasteiger charge is -2.29. The third-order valence-corrected chi connectivity index (χ3v) is 4.83. The molecule has 2 N–H and O–H groups in total. The number of hydrogen-bond acceptors (Lipinski definition) is 3. The summed E-state index contributed by atoms with van der Waals surface area (Å²) in [6.45, 7) is 3.36. The van der Waals surface area contributed by atoms with Crippen LogP contribution in [0.2, 0.25) is 0 Å². The average Bonchev–Trinajstić information content (AvgIpc) is 2.40. The molecule has 1 atom stereocenters. The van der Waals surface area contributed by atoms with Crippen LogP contribution in [0.5, 0.6) is 0 Å². The maximum absolute atomic E-state index is 14.1. The molecule has 0 saturated carbocycles. The summed E-state index contributed by atoms with van der Waals surface area (Å²) in [5.74, 6) is 1.05. The maximum atomic E-state index is 14.1. The number of benzene rings is 1. The second-order valence-electron chi connectivity index (χ2n) is 4.99. The van der Waals surface area contributed by atoms with E-state index in [2.05, 4.69) is 0 Å². The molecule has 0 amide bonds. The lowest BCUT2D eigenvalue weighted by Crippen LogP contribution is -2.38. The third-order valence-electron chi connectivity index (χ3n) is 3.55. The Bertz CT molecular complexity index is 457. The Hall–Kier alpha value is -0.940. The van der Waals surface area contributed by atoms with Crippen LogP contribution in [0.4, 0.5) is 10.1 Å². The van der Waals surface area contributed by atoms with Gasteiger partial charge in [0.25, 0.3) is 0 Å². The lowest BCUT2D eigenvalue weighted by atomic mass is 10.0. The first-order chi connectivity index (χ1) is 9.10. The molecule has 1 fully saturated rings. The SMILES string of the molecule is CCC(N)Cc1ccc(N2CCS(=O)CC2)c(F)c1. The summed E-state index contributed by atoms with van der Waals surface area (Å²) in [4.78, 5) is 1.97. The predicted molar refractivity (Wildman–Crippen MR) is 78.5 cm³/mol. The highest BCUT2D eigenvalue weighted by atomic mass is 32.2. The normalized spacial score (nSPS) is 18.6. The molecule has 0 aliphatic carbocycles. The van der Waals surface area contributed by atoms with Gasteiger partial charge < -0.3 is 10.6 Å².